The maximum atomic E-state index is 11.1. The van der Waals surface area contributed by atoms with E-state index in [1.807, 2.05) is 37.3 Å². The molecule has 1 atom stereocenters. The van der Waals surface area contributed by atoms with Crippen LogP contribution in [0.2, 0.25) is 0 Å². The number of nitrogens with one attached hydrogen (secondary N) is 1. The third kappa shape index (κ3) is 8.59. The normalized spacial score (nSPS) is 12.1. The van der Waals surface area contributed by atoms with Gasteiger partial charge in [0.15, 0.2) is 0 Å². The number of aromatic nitrogens is 3. The maximum Gasteiger partial charge on any atom is 0.474 e. The van der Waals surface area contributed by atoms with Gasteiger partial charge in [0.1, 0.15) is 0 Å². The first-order chi connectivity index (χ1) is 13.3. The van der Waals surface area contributed by atoms with Crippen LogP contribution >= 0.6 is 0 Å². The average Bonchev–Trinajstić information content (AvgIpc) is 2.61. The topological polar surface area (TPSA) is 161 Å². The fourth-order valence-corrected chi connectivity index (χ4v) is 3.18. The molecule has 0 aliphatic carbocycles. The molecule has 10 nitrogen and oxygen atoms in total. The number of nitrogens with two attached hydrogens (primary N) is 1. The largest absolute Gasteiger partial charge is 0.870 e. The molecule has 1 aromatic heterocycles. The van der Waals surface area contributed by atoms with Crippen molar-refractivity contribution < 1.29 is 27.5 Å². The first kappa shape index (κ1) is 24.5. The molecule has 1 heterocycles. The number of aryl methyl sites for hydroxylation is 1. The Bertz CT molecular complexity index is 864. The minimum absolute atomic E-state index is 0. The Morgan fingerprint density at radius 2 is 1.90 bits per heavy atom. The van der Waals surface area contributed by atoms with Gasteiger partial charge in [-0.1, -0.05) is 66.5 Å². The van der Waals surface area contributed by atoms with Crippen molar-refractivity contribution in [3.8, 4) is 0 Å². The molecule has 0 saturated carbocycles. The van der Waals surface area contributed by atoms with E-state index < -0.39 is 10.4 Å². The van der Waals surface area contributed by atoms with Crippen LogP contribution in [0.15, 0.2) is 30.3 Å². The van der Waals surface area contributed by atoms with Crippen molar-refractivity contribution in [2.75, 3.05) is 11.1 Å². The Kier molecular flexibility index (Phi) is 9.72. The predicted molar refractivity (Wildman–Crippen MR) is 108 cm³/mol. The number of nitrogen functional groups attached to an aromatic ring is 1. The van der Waals surface area contributed by atoms with Crippen molar-refractivity contribution >= 4 is 22.3 Å². The van der Waals surface area contributed by atoms with E-state index in [1.165, 1.54) is 0 Å². The zero-order chi connectivity index (χ0) is 20.6. The monoisotopic (exact) mass is 427 g/mol. The van der Waals surface area contributed by atoms with Crippen molar-refractivity contribution in [2.24, 2.45) is 0 Å². The zero-order valence-electron chi connectivity index (χ0n) is 16.7. The second-order valence-corrected chi connectivity index (χ2v) is 7.67. The lowest BCUT2D eigenvalue weighted by atomic mass is 10.1. The first-order valence-electron chi connectivity index (χ1n) is 9.34. The van der Waals surface area contributed by atoms with Gasteiger partial charge in [0, 0.05) is 12.5 Å². The third-order valence-corrected chi connectivity index (χ3v) is 4.42. The predicted octanol–water partition coefficient (Wildman–Crippen LogP) is 1.57. The van der Waals surface area contributed by atoms with Gasteiger partial charge in [-0.25, -0.2) is 4.28 Å². The molecule has 0 saturated heterocycles. The van der Waals surface area contributed by atoms with Crippen LogP contribution in [0.5, 0.6) is 0 Å². The van der Waals surface area contributed by atoms with Crippen molar-refractivity contribution in [3.63, 3.8) is 0 Å². The zero-order valence-corrected chi connectivity index (χ0v) is 17.5. The van der Waals surface area contributed by atoms with Crippen LogP contribution in [0.3, 0.4) is 0 Å². The molecule has 0 fully saturated rings. The quantitative estimate of drug-likeness (QED) is 0.274. The van der Waals surface area contributed by atoms with E-state index in [4.69, 9.17) is 10.3 Å². The van der Waals surface area contributed by atoms with E-state index in [2.05, 4.69) is 26.5 Å². The van der Waals surface area contributed by atoms with Crippen LogP contribution in [0.25, 0.3) is 0 Å². The molecule has 0 spiro atoms. The molecule has 1 unspecified atom stereocenters. The fraction of sp³-hybridized carbons (Fsp3) is 0.500. The van der Waals surface area contributed by atoms with Gasteiger partial charge in [0.05, 0.1) is 0 Å². The van der Waals surface area contributed by atoms with Crippen LogP contribution in [-0.4, -0.2) is 34.5 Å². The molecule has 0 aliphatic rings. The summed E-state index contributed by atoms with van der Waals surface area (Å²) in [5.74, 6) is 0.338. The summed E-state index contributed by atoms with van der Waals surface area (Å²) in [6, 6.07) is 10.00. The van der Waals surface area contributed by atoms with Gasteiger partial charge in [-0.2, -0.15) is 8.42 Å². The molecule has 5 N–H and O–H groups in total. The van der Waals surface area contributed by atoms with Gasteiger partial charge in [-0.05, 0) is 30.1 Å². The summed E-state index contributed by atoms with van der Waals surface area (Å²) in [4.78, 5) is 8.42. The highest BCUT2D eigenvalue weighted by molar-refractivity contribution is 7.80. The van der Waals surface area contributed by atoms with Gasteiger partial charge in [-0.15, -0.1) is 0 Å². The number of rotatable bonds is 11. The van der Waals surface area contributed by atoms with Crippen molar-refractivity contribution in [2.45, 2.75) is 58.4 Å². The Morgan fingerprint density at radius 1 is 1.21 bits per heavy atom. The van der Waals surface area contributed by atoms with Crippen LogP contribution in [0.4, 0.5) is 11.9 Å². The molecule has 0 aliphatic heterocycles. The summed E-state index contributed by atoms with van der Waals surface area (Å²) >= 11 is 0. The highest BCUT2D eigenvalue weighted by Crippen LogP contribution is 2.10. The smallest absolute Gasteiger partial charge is 0.474 e. The van der Waals surface area contributed by atoms with Crippen LogP contribution in [0.1, 0.15) is 50.9 Å². The van der Waals surface area contributed by atoms with Crippen molar-refractivity contribution in [1.82, 2.24) is 9.97 Å². The lowest BCUT2D eigenvalue weighted by molar-refractivity contribution is -0.854. The molecular formula is C18H29N5O5S. The summed E-state index contributed by atoms with van der Waals surface area (Å²) in [7, 11) is -4.75. The van der Waals surface area contributed by atoms with Gasteiger partial charge in [0.25, 0.3) is 5.82 Å². The Labute approximate surface area is 171 Å². The molecule has 11 heteroatoms. The maximum absolute atomic E-state index is 11.1. The van der Waals surface area contributed by atoms with E-state index in [9.17, 15) is 8.42 Å². The molecule has 2 aromatic rings. The lowest BCUT2D eigenvalue weighted by Gasteiger charge is -2.13. The molecule has 0 bridgehead atoms. The minimum Gasteiger partial charge on any atom is -0.870 e. The third-order valence-electron chi connectivity index (χ3n) is 4.08. The summed E-state index contributed by atoms with van der Waals surface area (Å²) in [5.41, 5.74) is 7.02. The van der Waals surface area contributed by atoms with Crippen molar-refractivity contribution in [3.05, 3.63) is 41.7 Å². The lowest BCUT2D eigenvalue weighted by Crippen LogP contribution is -2.52. The van der Waals surface area contributed by atoms with Gasteiger partial charge in [0.2, 0.25) is 0 Å². The van der Waals surface area contributed by atoms with E-state index in [-0.39, 0.29) is 29.2 Å². The van der Waals surface area contributed by atoms with Crippen LogP contribution < -0.4 is 20.1 Å². The SMILES string of the molecule is CCCCCCc1nc(NC(C)Cc2ccccc2)nc(N)[n+]1OS(=O)(=O)O.[OH-]. The highest BCUT2D eigenvalue weighted by Gasteiger charge is 2.24. The minimum atomic E-state index is -4.75. The number of hydrogen-bond acceptors (Lipinski definition) is 8. The Hall–Kier alpha value is -2.50. The second kappa shape index (κ2) is 11.5. The van der Waals surface area contributed by atoms with E-state index >= 15 is 0 Å². The summed E-state index contributed by atoms with van der Waals surface area (Å²) in [6.45, 7) is 4.09. The standard InChI is InChI=1S/C18H27N5O4S.H2O/c1-3-4-5-9-12-16-21-18(22-17(19)23(16)27-28(24,25)26)20-14(2)13-15-10-7-6-8-11-15;/h6-8,10-11,14H,3-5,9,12-13H2,1-2H3,(H3,19,20,22,24,25,26);1H2. The van der Waals surface area contributed by atoms with E-state index in [0.29, 0.717) is 6.42 Å². The average molecular weight is 428 g/mol. The number of unbranched alkanes of at least 4 members (excludes halogenated alkanes) is 3. The molecular weight excluding hydrogens is 398 g/mol. The number of hydrogen-bond donors (Lipinski definition) is 3. The highest BCUT2D eigenvalue weighted by atomic mass is 32.3. The van der Waals surface area contributed by atoms with Crippen LogP contribution in [0, 0.1) is 0 Å². The van der Waals surface area contributed by atoms with Gasteiger partial charge < -0.3 is 16.5 Å². The number of benzene rings is 1. The Balaban J connectivity index is 0.00000420. The molecule has 1 aromatic carbocycles. The summed E-state index contributed by atoms with van der Waals surface area (Å²) in [6.07, 6.45) is 5.05. The molecule has 0 amide bonds. The molecule has 162 valence electrons. The van der Waals surface area contributed by atoms with E-state index in [0.717, 1.165) is 42.4 Å². The van der Waals surface area contributed by atoms with Gasteiger partial charge in [-0.3, -0.25) is 4.55 Å². The van der Waals surface area contributed by atoms with Crippen LogP contribution in [-0.2, 0) is 23.2 Å². The summed E-state index contributed by atoms with van der Waals surface area (Å²) in [5, 5.41) is 3.18. The second-order valence-electron chi connectivity index (χ2n) is 6.66. The Morgan fingerprint density at radius 3 is 2.52 bits per heavy atom. The van der Waals surface area contributed by atoms with Gasteiger partial charge >= 0.3 is 22.3 Å². The first-order valence-corrected chi connectivity index (χ1v) is 10.7. The fourth-order valence-electron chi connectivity index (χ4n) is 2.83. The molecule has 29 heavy (non-hydrogen) atoms. The number of anilines is 2. The molecule has 0 radical (unpaired) electrons. The molecule has 2 rings (SSSR count). The number of nitrogens with zero attached hydrogens (tertiary/aromatic N) is 3. The van der Waals surface area contributed by atoms with Crippen molar-refractivity contribution in [1.29, 1.82) is 0 Å². The van der Waals surface area contributed by atoms with E-state index in [1.54, 1.807) is 0 Å². The summed E-state index contributed by atoms with van der Waals surface area (Å²) < 4.78 is 36.6.